The van der Waals surface area contributed by atoms with Crippen molar-refractivity contribution in [2.24, 2.45) is 5.73 Å². The lowest BCUT2D eigenvalue weighted by atomic mass is 10.0. The minimum atomic E-state index is -0.185. The minimum Gasteiger partial charge on any atom is -0.339 e. The zero-order chi connectivity index (χ0) is 13.6. The van der Waals surface area contributed by atoms with Crippen molar-refractivity contribution in [2.45, 2.75) is 52.5 Å². The predicted octanol–water partition coefficient (Wildman–Crippen LogP) is 1.62. The molecule has 1 aromatic heterocycles. The SMILES string of the molecule is CCN(CC)CCc1noc(CCC(C)(C)N)n1. The highest BCUT2D eigenvalue weighted by molar-refractivity contribution is 4.89. The maximum Gasteiger partial charge on any atom is 0.226 e. The van der Waals surface area contributed by atoms with E-state index in [0.29, 0.717) is 5.89 Å². The summed E-state index contributed by atoms with van der Waals surface area (Å²) in [5.41, 5.74) is 5.74. The van der Waals surface area contributed by atoms with Crippen LogP contribution in [-0.2, 0) is 12.8 Å². The quantitative estimate of drug-likeness (QED) is 0.763. The standard InChI is InChI=1S/C13H26N4O/c1-5-17(6-2)10-8-11-15-12(18-16-11)7-9-13(3,4)14/h5-10,14H2,1-4H3. The molecule has 18 heavy (non-hydrogen) atoms. The maximum atomic E-state index is 5.93. The Hall–Kier alpha value is -0.940. The second-order valence-corrected chi connectivity index (χ2v) is 5.37. The third-order valence-corrected chi connectivity index (χ3v) is 3.04. The molecule has 2 N–H and O–H groups in total. The van der Waals surface area contributed by atoms with Gasteiger partial charge in [0.05, 0.1) is 0 Å². The molecule has 0 aliphatic carbocycles. The van der Waals surface area contributed by atoms with Crippen molar-refractivity contribution in [1.82, 2.24) is 15.0 Å². The van der Waals surface area contributed by atoms with Crippen LogP contribution in [0.25, 0.3) is 0 Å². The number of aromatic nitrogens is 2. The molecule has 0 atom stereocenters. The predicted molar refractivity (Wildman–Crippen MR) is 72.4 cm³/mol. The molecule has 0 amide bonds. The molecule has 5 heteroatoms. The summed E-state index contributed by atoms with van der Waals surface area (Å²) < 4.78 is 5.22. The molecule has 0 aromatic carbocycles. The Labute approximate surface area is 110 Å². The first-order valence-corrected chi connectivity index (χ1v) is 6.77. The van der Waals surface area contributed by atoms with E-state index in [2.05, 4.69) is 28.9 Å². The molecule has 0 saturated carbocycles. The third-order valence-electron chi connectivity index (χ3n) is 3.04. The number of hydrogen-bond donors (Lipinski definition) is 1. The van der Waals surface area contributed by atoms with E-state index in [-0.39, 0.29) is 5.54 Å². The highest BCUT2D eigenvalue weighted by atomic mass is 16.5. The van der Waals surface area contributed by atoms with Gasteiger partial charge in [0.25, 0.3) is 0 Å². The number of hydrogen-bond acceptors (Lipinski definition) is 5. The number of likely N-dealkylation sites (N-methyl/N-ethyl adjacent to an activating group) is 1. The van der Waals surface area contributed by atoms with Crippen LogP contribution >= 0.6 is 0 Å². The molecule has 0 unspecified atom stereocenters. The van der Waals surface area contributed by atoms with Gasteiger partial charge in [0.2, 0.25) is 5.89 Å². The number of aryl methyl sites for hydroxylation is 1. The lowest BCUT2D eigenvalue weighted by Crippen LogP contribution is -2.32. The molecule has 0 saturated heterocycles. The van der Waals surface area contributed by atoms with Crippen molar-refractivity contribution in [3.05, 3.63) is 11.7 Å². The number of nitrogens with two attached hydrogens (primary N) is 1. The van der Waals surface area contributed by atoms with Crippen molar-refractivity contribution in [2.75, 3.05) is 19.6 Å². The van der Waals surface area contributed by atoms with E-state index in [9.17, 15) is 0 Å². The summed E-state index contributed by atoms with van der Waals surface area (Å²) >= 11 is 0. The molecule has 1 aromatic rings. The van der Waals surface area contributed by atoms with Crippen LogP contribution in [-0.4, -0.2) is 40.2 Å². The van der Waals surface area contributed by atoms with Crippen LogP contribution in [0.4, 0.5) is 0 Å². The Morgan fingerprint density at radius 1 is 1.22 bits per heavy atom. The van der Waals surface area contributed by atoms with Gasteiger partial charge in [-0.15, -0.1) is 0 Å². The van der Waals surface area contributed by atoms with Crippen molar-refractivity contribution in [1.29, 1.82) is 0 Å². The van der Waals surface area contributed by atoms with Gasteiger partial charge in [-0.05, 0) is 33.4 Å². The fourth-order valence-corrected chi connectivity index (χ4v) is 1.72. The molecule has 0 radical (unpaired) electrons. The van der Waals surface area contributed by atoms with Crippen LogP contribution in [0.3, 0.4) is 0 Å². The first kappa shape index (κ1) is 15.1. The summed E-state index contributed by atoms with van der Waals surface area (Å²) in [6.07, 6.45) is 2.45. The molecule has 104 valence electrons. The molecule has 5 nitrogen and oxygen atoms in total. The summed E-state index contributed by atoms with van der Waals surface area (Å²) in [5.74, 6) is 1.50. The van der Waals surface area contributed by atoms with Gasteiger partial charge >= 0.3 is 0 Å². The molecule has 0 aliphatic rings. The molecular formula is C13H26N4O. The highest BCUT2D eigenvalue weighted by Gasteiger charge is 2.14. The maximum absolute atomic E-state index is 5.93. The van der Waals surface area contributed by atoms with E-state index in [0.717, 1.165) is 44.7 Å². The van der Waals surface area contributed by atoms with Crippen LogP contribution in [0.1, 0.15) is 45.8 Å². The van der Waals surface area contributed by atoms with E-state index >= 15 is 0 Å². The summed E-state index contributed by atoms with van der Waals surface area (Å²) in [6, 6.07) is 0. The van der Waals surface area contributed by atoms with Crippen LogP contribution in [0, 0.1) is 0 Å². The molecular weight excluding hydrogens is 228 g/mol. The van der Waals surface area contributed by atoms with Gasteiger partial charge in [0.15, 0.2) is 5.82 Å². The van der Waals surface area contributed by atoms with Crippen LogP contribution in [0.2, 0.25) is 0 Å². The van der Waals surface area contributed by atoms with Crippen molar-refractivity contribution in [3.8, 4) is 0 Å². The van der Waals surface area contributed by atoms with Gasteiger partial charge in [0, 0.05) is 24.9 Å². The van der Waals surface area contributed by atoms with Gasteiger partial charge in [-0.1, -0.05) is 19.0 Å². The van der Waals surface area contributed by atoms with Gasteiger partial charge in [-0.3, -0.25) is 0 Å². The first-order chi connectivity index (χ1) is 8.44. The second kappa shape index (κ2) is 6.85. The Kier molecular flexibility index (Phi) is 5.75. The van der Waals surface area contributed by atoms with Crippen molar-refractivity contribution >= 4 is 0 Å². The highest BCUT2D eigenvalue weighted by Crippen LogP contribution is 2.09. The van der Waals surface area contributed by atoms with E-state index < -0.39 is 0 Å². The van der Waals surface area contributed by atoms with Crippen LogP contribution in [0.15, 0.2) is 4.52 Å². The Morgan fingerprint density at radius 2 is 1.89 bits per heavy atom. The van der Waals surface area contributed by atoms with E-state index in [1.54, 1.807) is 0 Å². The molecule has 0 bridgehead atoms. The summed E-state index contributed by atoms with van der Waals surface area (Å²) in [4.78, 5) is 6.74. The van der Waals surface area contributed by atoms with Crippen LogP contribution in [0.5, 0.6) is 0 Å². The lowest BCUT2D eigenvalue weighted by molar-refractivity contribution is 0.302. The smallest absolute Gasteiger partial charge is 0.226 e. The Morgan fingerprint density at radius 3 is 2.44 bits per heavy atom. The van der Waals surface area contributed by atoms with Gasteiger partial charge in [-0.2, -0.15) is 4.98 Å². The number of rotatable bonds is 8. The van der Waals surface area contributed by atoms with Crippen molar-refractivity contribution < 1.29 is 4.52 Å². The first-order valence-electron chi connectivity index (χ1n) is 6.77. The molecule has 0 spiro atoms. The normalized spacial score (nSPS) is 12.3. The zero-order valence-electron chi connectivity index (χ0n) is 12.1. The van der Waals surface area contributed by atoms with Crippen molar-refractivity contribution in [3.63, 3.8) is 0 Å². The van der Waals surface area contributed by atoms with Gasteiger partial charge in [0.1, 0.15) is 0 Å². The van der Waals surface area contributed by atoms with E-state index in [1.807, 2.05) is 13.8 Å². The lowest BCUT2D eigenvalue weighted by Gasteiger charge is -2.16. The average molecular weight is 254 g/mol. The summed E-state index contributed by atoms with van der Waals surface area (Å²) in [5, 5.41) is 4.00. The van der Waals surface area contributed by atoms with Gasteiger partial charge < -0.3 is 15.2 Å². The Bertz CT molecular complexity index is 339. The summed E-state index contributed by atoms with van der Waals surface area (Å²) in [6.45, 7) is 11.4. The zero-order valence-corrected chi connectivity index (χ0v) is 12.1. The monoisotopic (exact) mass is 254 g/mol. The summed E-state index contributed by atoms with van der Waals surface area (Å²) in [7, 11) is 0. The molecule has 1 rings (SSSR count). The third kappa shape index (κ3) is 5.60. The topological polar surface area (TPSA) is 68.2 Å². The second-order valence-electron chi connectivity index (χ2n) is 5.37. The van der Waals surface area contributed by atoms with E-state index in [1.165, 1.54) is 0 Å². The largest absolute Gasteiger partial charge is 0.339 e. The minimum absolute atomic E-state index is 0.185. The number of nitrogens with zero attached hydrogens (tertiary/aromatic N) is 3. The average Bonchev–Trinajstić information content (AvgIpc) is 2.75. The van der Waals surface area contributed by atoms with Gasteiger partial charge in [-0.25, -0.2) is 0 Å². The molecule has 0 aliphatic heterocycles. The van der Waals surface area contributed by atoms with Crippen LogP contribution < -0.4 is 5.73 Å². The fraction of sp³-hybridized carbons (Fsp3) is 0.846. The Balaban J connectivity index is 2.39. The van der Waals surface area contributed by atoms with E-state index in [4.69, 9.17) is 10.3 Å². The molecule has 1 heterocycles. The molecule has 0 fully saturated rings. The fourth-order valence-electron chi connectivity index (χ4n) is 1.72.